The Morgan fingerprint density at radius 3 is 2.38 bits per heavy atom. The minimum absolute atomic E-state index is 0.0957. The number of aryl methyl sites for hydroxylation is 3. The number of ketones is 1. The Kier molecular flexibility index (Phi) is 5.40. The Morgan fingerprint density at radius 2 is 1.69 bits per heavy atom. The average molecular weight is 416 g/mol. The van der Waals surface area contributed by atoms with Crippen molar-refractivity contribution in [2.75, 3.05) is 39.0 Å². The maximum Gasteiger partial charge on any atom is 0.211 e. The zero-order chi connectivity index (χ0) is 20.8. The quantitative estimate of drug-likeness (QED) is 0.704. The fourth-order valence-corrected chi connectivity index (χ4v) is 5.47. The summed E-state index contributed by atoms with van der Waals surface area (Å²) in [7, 11) is -3.16. The van der Waals surface area contributed by atoms with Crippen LogP contribution in [0.4, 0.5) is 0 Å². The van der Waals surface area contributed by atoms with Crippen LogP contribution in [0.15, 0.2) is 24.3 Å². The number of rotatable bonds is 5. The summed E-state index contributed by atoms with van der Waals surface area (Å²) in [6.45, 7) is 6.44. The molecule has 0 amide bonds. The molecular formula is C22H29N3O3S. The molecule has 2 aliphatic rings. The highest BCUT2D eigenvalue weighted by molar-refractivity contribution is 7.88. The molecule has 4 rings (SSSR count). The van der Waals surface area contributed by atoms with Crippen LogP contribution in [-0.4, -0.2) is 67.0 Å². The van der Waals surface area contributed by atoms with Gasteiger partial charge in [-0.2, -0.15) is 4.31 Å². The van der Waals surface area contributed by atoms with E-state index in [4.69, 9.17) is 0 Å². The molecule has 0 atom stereocenters. The van der Waals surface area contributed by atoms with E-state index in [-0.39, 0.29) is 5.78 Å². The molecule has 0 unspecified atom stereocenters. The number of aromatic nitrogens is 1. The van der Waals surface area contributed by atoms with Crippen LogP contribution in [0, 0.1) is 13.8 Å². The number of hydrogen-bond acceptors (Lipinski definition) is 4. The lowest BCUT2D eigenvalue weighted by Gasteiger charge is -2.32. The zero-order valence-electron chi connectivity index (χ0n) is 17.4. The van der Waals surface area contributed by atoms with E-state index >= 15 is 0 Å². The van der Waals surface area contributed by atoms with Gasteiger partial charge in [0, 0.05) is 48.8 Å². The number of Topliss-reactive ketones (excluding diaryl/α,β-unsaturated/α-hetero) is 1. The molecular weight excluding hydrogens is 386 g/mol. The second-order valence-corrected chi connectivity index (χ2v) is 10.3. The van der Waals surface area contributed by atoms with Gasteiger partial charge in [0.2, 0.25) is 10.0 Å². The van der Waals surface area contributed by atoms with Crippen LogP contribution >= 0.6 is 0 Å². The van der Waals surface area contributed by atoms with Gasteiger partial charge < -0.3 is 4.57 Å². The first kappa shape index (κ1) is 20.3. The Balaban J connectivity index is 1.50. The van der Waals surface area contributed by atoms with Crippen LogP contribution in [0.25, 0.3) is 5.69 Å². The van der Waals surface area contributed by atoms with E-state index in [9.17, 15) is 13.2 Å². The number of fused-ring (bicyclic) bond motifs is 1. The van der Waals surface area contributed by atoms with Crippen molar-refractivity contribution in [2.45, 2.75) is 33.1 Å². The molecule has 6 nitrogen and oxygen atoms in total. The third-order valence-corrected chi connectivity index (χ3v) is 7.54. The number of hydrogen-bond donors (Lipinski definition) is 0. The summed E-state index contributed by atoms with van der Waals surface area (Å²) >= 11 is 0. The largest absolute Gasteiger partial charge is 0.318 e. The maximum absolute atomic E-state index is 13.0. The van der Waals surface area contributed by atoms with E-state index in [0.717, 1.165) is 35.5 Å². The van der Waals surface area contributed by atoms with E-state index in [1.54, 1.807) is 0 Å². The minimum atomic E-state index is -3.16. The predicted octanol–water partition coefficient (Wildman–Crippen LogP) is 2.34. The predicted molar refractivity (Wildman–Crippen MR) is 114 cm³/mol. The fourth-order valence-electron chi connectivity index (χ4n) is 4.65. The van der Waals surface area contributed by atoms with Gasteiger partial charge in [0.15, 0.2) is 5.78 Å². The molecule has 0 N–H and O–H groups in total. The third-order valence-electron chi connectivity index (χ3n) is 6.24. The molecule has 0 bridgehead atoms. The molecule has 2 aromatic rings. The number of nitrogens with zero attached hydrogens (tertiary/aromatic N) is 3. The number of benzene rings is 1. The van der Waals surface area contributed by atoms with Crippen molar-refractivity contribution in [2.24, 2.45) is 0 Å². The highest BCUT2D eigenvalue weighted by Crippen LogP contribution is 2.27. The average Bonchev–Trinajstić information content (AvgIpc) is 3.24. The first-order chi connectivity index (χ1) is 13.7. The molecule has 1 aliphatic carbocycles. The number of carbonyl (C=O) groups is 1. The van der Waals surface area contributed by atoms with Gasteiger partial charge >= 0.3 is 0 Å². The highest BCUT2D eigenvalue weighted by Gasteiger charge is 2.26. The van der Waals surface area contributed by atoms with E-state index in [0.29, 0.717) is 32.7 Å². The molecule has 1 aromatic carbocycles. The summed E-state index contributed by atoms with van der Waals surface area (Å²) in [5.74, 6) is 0.0957. The second-order valence-electron chi connectivity index (χ2n) is 8.29. The minimum Gasteiger partial charge on any atom is -0.318 e. The summed E-state index contributed by atoms with van der Waals surface area (Å²) in [5.41, 5.74) is 6.79. The maximum atomic E-state index is 13.0. The van der Waals surface area contributed by atoms with Gasteiger partial charge in [-0.25, -0.2) is 8.42 Å². The van der Waals surface area contributed by atoms with Crippen LogP contribution in [0.3, 0.4) is 0 Å². The smallest absolute Gasteiger partial charge is 0.211 e. The molecule has 0 radical (unpaired) electrons. The van der Waals surface area contributed by atoms with Gasteiger partial charge in [-0.3, -0.25) is 9.69 Å². The van der Waals surface area contributed by atoms with Gasteiger partial charge in [0.1, 0.15) is 0 Å². The first-order valence-corrected chi connectivity index (χ1v) is 12.1. The van der Waals surface area contributed by atoms with Crippen molar-refractivity contribution in [3.63, 3.8) is 0 Å². The first-order valence-electron chi connectivity index (χ1n) is 10.3. The zero-order valence-corrected chi connectivity index (χ0v) is 18.3. The Labute approximate surface area is 173 Å². The summed E-state index contributed by atoms with van der Waals surface area (Å²) in [6, 6.07) is 8.63. The van der Waals surface area contributed by atoms with E-state index in [1.165, 1.54) is 28.1 Å². The monoisotopic (exact) mass is 415 g/mol. The fraction of sp³-hybridized carbons (Fsp3) is 0.500. The SMILES string of the molecule is Cc1cc(C(=O)CN2CCN(S(C)(=O)=O)CC2)c(C)n1-c1ccc2c(c1)CCC2. The lowest BCUT2D eigenvalue weighted by atomic mass is 10.1. The number of carbonyl (C=O) groups excluding carboxylic acids is 1. The molecule has 1 aromatic heterocycles. The van der Waals surface area contributed by atoms with Crippen molar-refractivity contribution in [3.05, 3.63) is 52.3 Å². The highest BCUT2D eigenvalue weighted by atomic mass is 32.2. The van der Waals surface area contributed by atoms with Crippen molar-refractivity contribution >= 4 is 15.8 Å². The Bertz CT molecular complexity index is 1050. The topological polar surface area (TPSA) is 62.6 Å². The summed E-state index contributed by atoms with van der Waals surface area (Å²) in [5, 5.41) is 0. The van der Waals surface area contributed by atoms with Crippen LogP contribution < -0.4 is 0 Å². The second kappa shape index (κ2) is 7.70. The van der Waals surface area contributed by atoms with Gasteiger partial charge in [0.05, 0.1) is 12.8 Å². The number of sulfonamides is 1. The van der Waals surface area contributed by atoms with E-state index in [2.05, 4.69) is 22.8 Å². The van der Waals surface area contributed by atoms with Crippen LogP contribution in [0.5, 0.6) is 0 Å². The molecule has 0 spiro atoms. The molecule has 1 fully saturated rings. The van der Waals surface area contributed by atoms with Crippen LogP contribution in [-0.2, 0) is 22.9 Å². The standard InChI is InChI=1S/C22H29N3O3S/c1-16-13-21(22(26)15-23-9-11-24(12-10-23)29(3,27)28)17(2)25(16)20-8-7-18-5-4-6-19(18)14-20/h7-8,13-14H,4-6,9-12,15H2,1-3H3. The van der Waals surface area contributed by atoms with Crippen molar-refractivity contribution in [1.29, 1.82) is 0 Å². The van der Waals surface area contributed by atoms with Crippen molar-refractivity contribution < 1.29 is 13.2 Å². The van der Waals surface area contributed by atoms with Crippen molar-refractivity contribution in [1.82, 2.24) is 13.8 Å². The van der Waals surface area contributed by atoms with Gasteiger partial charge in [-0.05, 0) is 62.4 Å². The normalized spacial score (nSPS) is 18.2. The van der Waals surface area contributed by atoms with Gasteiger partial charge in [-0.15, -0.1) is 0 Å². The van der Waals surface area contributed by atoms with E-state index in [1.807, 2.05) is 24.8 Å². The van der Waals surface area contributed by atoms with Gasteiger partial charge in [-0.1, -0.05) is 6.07 Å². The summed E-state index contributed by atoms with van der Waals surface area (Å²) in [6.07, 6.45) is 4.75. The Hall–Kier alpha value is -1.96. The van der Waals surface area contributed by atoms with Crippen LogP contribution in [0.2, 0.25) is 0 Å². The summed E-state index contributed by atoms with van der Waals surface area (Å²) in [4.78, 5) is 15.1. The third kappa shape index (κ3) is 4.04. The number of piperazine rings is 1. The lowest BCUT2D eigenvalue weighted by molar-refractivity contribution is 0.0901. The molecule has 7 heteroatoms. The molecule has 1 aliphatic heterocycles. The lowest BCUT2D eigenvalue weighted by Crippen LogP contribution is -2.49. The summed E-state index contributed by atoms with van der Waals surface area (Å²) < 4.78 is 27.0. The molecule has 29 heavy (non-hydrogen) atoms. The van der Waals surface area contributed by atoms with Gasteiger partial charge in [0.25, 0.3) is 0 Å². The Morgan fingerprint density at radius 1 is 1.00 bits per heavy atom. The van der Waals surface area contributed by atoms with Crippen LogP contribution in [0.1, 0.15) is 39.3 Å². The molecule has 2 heterocycles. The van der Waals surface area contributed by atoms with E-state index < -0.39 is 10.0 Å². The molecule has 1 saturated heterocycles. The molecule has 0 saturated carbocycles. The molecule has 156 valence electrons. The van der Waals surface area contributed by atoms with Crippen molar-refractivity contribution in [3.8, 4) is 5.69 Å².